The van der Waals surface area contributed by atoms with Crippen LogP contribution in [-0.2, 0) is 10.2 Å². The zero-order valence-electron chi connectivity index (χ0n) is 11.6. The fraction of sp³-hybridized carbons (Fsp3) is 1.00. The van der Waals surface area contributed by atoms with Crippen LogP contribution in [0.1, 0.15) is 19.3 Å². The number of rotatable bonds is 5. The summed E-state index contributed by atoms with van der Waals surface area (Å²) in [7, 11) is -1.27. The lowest BCUT2D eigenvalue weighted by atomic mass is 10.00. The number of hydrogen-bond donors (Lipinski definition) is 2. The fourth-order valence-corrected chi connectivity index (χ4v) is 4.16. The molecule has 7 heteroatoms. The fourth-order valence-electron chi connectivity index (χ4n) is 2.84. The Morgan fingerprint density at radius 2 is 1.79 bits per heavy atom. The van der Waals surface area contributed by atoms with E-state index >= 15 is 0 Å². The second-order valence-electron chi connectivity index (χ2n) is 5.80. The van der Waals surface area contributed by atoms with Gasteiger partial charge < -0.3 is 10.0 Å². The number of nitrogens with one attached hydrogen (secondary N) is 1. The molecule has 6 nitrogen and oxygen atoms in total. The van der Waals surface area contributed by atoms with Gasteiger partial charge in [-0.1, -0.05) is 0 Å². The first-order chi connectivity index (χ1) is 9.01. The van der Waals surface area contributed by atoms with Crippen molar-refractivity contribution in [1.29, 1.82) is 0 Å². The van der Waals surface area contributed by atoms with Crippen molar-refractivity contribution in [2.75, 3.05) is 46.4 Å². The molecule has 0 saturated carbocycles. The average Bonchev–Trinajstić information content (AvgIpc) is 2.82. The molecular formula is C12H25N3O3S. The highest BCUT2D eigenvalue weighted by Gasteiger charge is 2.29. The first kappa shape index (κ1) is 15.2. The van der Waals surface area contributed by atoms with E-state index in [0.717, 1.165) is 32.4 Å². The Morgan fingerprint density at radius 1 is 1.16 bits per heavy atom. The van der Waals surface area contributed by atoms with Crippen molar-refractivity contribution in [1.82, 2.24) is 13.9 Å². The minimum absolute atomic E-state index is 0.162. The molecule has 0 spiro atoms. The quantitative estimate of drug-likeness (QED) is 0.715. The molecule has 2 saturated heterocycles. The summed E-state index contributed by atoms with van der Waals surface area (Å²) < 4.78 is 28.6. The van der Waals surface area contributed by atoms with Gasteiger partial charge in [0.25, 0.3) is 10.2 Å². The maximum atomic E-state index is 12.2. The molecule has 2 fully saturated rings. The van der Waals surface area contributed by atoms with E-state index in [-0.39, 0.29) is 12.5 Å². The van der Waals surface area contributed by atoms with Gasteiger partial charge in [-0.05, 0) is 44.7 Å². The lowest BCUT2D eigenvalue weighted by Gasteiger charge is -2.30. The van der Waals surface area contributed by atoms with Crippen LogP contribution in [0.3, 0.4) is 0 Å². The van der Waals surface area contributed by atoms with Gasteiger partial charge in [-0.3, -0.25) is 0 Å². The summed E-state index contributed by atoms with van der Waals surface area (Å²) in [6, 6.07) is 0. The molecule has 0 aromatic rings. The first-order valence-electron chi connectivity index (χ1n) is 7.05. The average molecular weight is 291 g/mol. The smallest absolute Gasteiger partial charge is 0.279 e. The van der Waals surface area contributed by atoms with E-state index in [1.165, 1.54) is 4.31 Å². The van der Waals surface area contributed by atoms with Gasteiger partial charge in [0.15, 0.2) is 0 Å². The maximum absolute atomic E-state index is 12.2. The summed E-state index contributed by atoms with van der Waals surface area (Å²) in [4.78, 5) is 2.23. The van der Waals surface area contributed by atoms with E-state index in [4.69, 9.17) is 5.11 Å². The predicted molar refractivity (Wildman–Crippen MR) is 73.9 cm³/mol. The molecule has 0 bridgehead atoms. The Labute approximate surface area is 116 Å². The van der Waals surface area contributed by atoms with E-state index in [1.807, 2.05) is 0 Å². The van der Waals surface area contributed by atoms with Crippen LogP contribution in [0.5, 0.6) is 0 Å². The Morgan fingerprint density at radius 3 is 2.32 bits per heavy atom. The number of aliphatic hydroxyl groups excluding tert-OH is 1. The largest absolute Gasteiger partial charge is 0.396 e. The Hall–Kier alpha value is -0.210. The summed E-state index contributed by atoms with van der Waals surface area (Å²) in [5, 5.41) is 9.06. The van der Waals surface area contributed by atoms with Gasteiger partial charge in [-0.15, -0.1) is 0 Å². The van der Waals surface area contributed by atoms with Crippen LogP contribution in [-0.4, -0.2) is 69.1 Å². The van der Waals surface area contributed by atoms with Gasteiger partial charge in [-0.25, -0.2) is 4.72 Å². The summed E-state index contributed by atoms with van der Waals surface area (Å²) >= 11 is 0. The highest BCUT2D eigenvalue weighted by molar-refractivity contribution is 7.87. The second kappa shape index (κ2) is 6.49. The standard InChI is InChI=1S/C12H25N3O3S/c1-14-5-2-12(9-14)8-13-19(17,18)15-6-3-11(10-16)4-7-15/h11-13,16H,2-10H2,1H3. The number of nitrogens with zero attached hydrogens (tertiary/aromatic N) is 2. The van der Waals surface area contributed by atoms with Crippen LogP contribution in [0.4, 0.5) is 0 Å². The zero-order valence-corrected chi connectivity index (χ0v) is 12.4. The third-order valence-corrected chi connectivity index (χ3v) is 5.79. The van der Waals surface area contributed by atoms with E-state index < -0.39 is 10.2 Å². The SMILES string of the molecule is CN1CCC(CNS(=O)(=O)N2CCC(CO)CC2)C1. The molecule has 0 amide bonds. The number of piperidine rings is 1. The molecule has 0 radical (unpaired) electrons. The van der Waals surface area contributed by atoms with E-state index in [2.05, 4.69) is 16.7 Å². The molecule has 2 N–H and O–H groups in total. The third kappa shape index (κ3) is 4.13. The molecular weight excluding hydrogens is 266 g/mol. The van der Waals surface area contributed by atoms with E-state index in [0.29, 0.717) is 25.6 Å². The lowest BCUT2D eigenvalue weighted by molar-refractivity contribution is 0.169. The van der Waals surface area contributed by atoms with Crippen molar-refractivity contribution in [2.45, 2.75) is 19.3 Å². The molecule has 1 atom stereocenters. The van der Waals surface area contributed by atoms with Crippen LogP contribution < -0.4 is 4.72 Å². The first-order valence-corrected chi connectivity index (χ1v) is 8.49. The molecule has 2 aliphatic rings. The molecule has 2 aliphatic heterocycles. The van der Waals surface area contributed by atoms with Crippen molar-refractivity contribution in [3.05, 3.63) is 0 Å². The monoisotopic (exact) mass is 291 g/mol. The molecule has 0 aromatic heterocycles. The summed E-state index contributed by atoms with van der Waals surface area (Å²) in [6.07, 6.45) is 2.57. The van der Waals surface area contributed by atoms with Gasteiger partial charge in [0.2, 0.25) is 0 Å². The molecule has 112 valence electrons. The van der Waals surface area contributed by atoms with Gasteiger partial charge >= 0.3 is 0 Å². The molecule has 19 heavy (non-hydrogen) atoms. The minimum Gasteiger partial charge on any atom is -0.396 e. The molecule has 2 heterocycles. The summed E-state index contributed by atoms with van der Waals surface area (Å²) in [5.74, 6) is 0.685. The van der Waals surface area contributed by atoms with Crippen LogP contribution >= 0.6 is 0 Å². The van der Waals surface area contributed by atoms with E-state index in [9.17, 15) is 8.42 Å². The molecule has 1 unspecified atom stereocenters. The van der Waals surface area contributed by atoms with Crippen molar-refractivity contribution in [3.63, 3.8) is 0 Å². The predicted octanol–water partition coefficient (Wildman–Crippen LogP) is -0.523. The Balaban J connectivity index is 1.78. The minimum atomic E-state index is -3.34. The number of hydrogen-bond acceptors (Lipinski definition) is 4. The van der Waals surface area contributed by atoms with E-state index in [1.54, 1.807) is 0 Å². The van der Waals surface area contributed by atoms with Gasteiger partial charge in [-0.2, -0.15) is 12.7 Å². The van der Waals surface area contributed by atoms with Gasteiger partial charge in [0.1, 0.15) is 0 Å². The second-order valence-corrected chi connectivity index (χ2v) is 7.55. The third-order valence-electron chi connectivity index (χ3n) is 4.21. The number of likely N-dealkylation sites (tertiary alicyclic amines) is 1. The van der Waals surface area contributed by atoms with Gasteiger partial charge in [0.05, 0.1) is 0 Å². The zero-order chi connectivity index (χ0) is 13.9. The Kier molecular flexibility index (Phi) is 5.19. The topological polar surface area (TPSA) is 72.9 Å². The maximum Gasteiger partial charge on any atom is 0.279 e. The van der Waals surface area contributed by atoms with Crippen LogP contribution in [0.25, 0.3) is 0 Å². The molecule has 0 aliphatic carbocycles. The summed E-state index contributed by atoms with van der Waals surface area (Å²) in [6.45, 7) is 3.75. The highest BCUT2D eigenvalue weighted by atomic mass is 32.2. The van der Waals surface area contributed by atoms with Crippen LogP contribution in [0.15, 0.2) is 0 Å². The van der Waals surface area contributed by atoms with Crippen LogP contribution in [0.2, 0.25) is 0 Å². The molecule has 0 aromatic carbocycles. The highest BCUT2D eigenvalue weighted by Crippen LogP contribution is 2.19. The normalized spacial score (nSPS) is 28.0. The van der Waals surface area contributed by atoms with Crippen molar-refractivity contribution < 1.29 is 13.5 Å². The van der Waals surface area contributed by atoms with Crippen molar-refractivity contribution in [3.8, 4) is 0 Å². The van der Waals surface area contributed by atoms with Gasteiger partial charge in [0, 0.05) is 32.8 Å². The lowest BCUT2D eigenvalue weighted by Crippen LogP contribution is -2.46. The van der Waals surface area contributed by atoms with Crippen molar-refractivity contribution >= 4 is 10.2 Å². The molecule has 2 rings (SSSR count). The number of aliphatic hydroxyl groups is 1. The summed E-state index contributed by atoms with van der Waals surface area (Å²) in [5.41, 5.74) is 0. The van der Waals surface area contributed by atoms with Crippen LogP contribution in [0, 0.1) is 11.8 Å². The Bertz CT molecular complexity index is 380. The van der Waals surface area contributed by atoms with Crippen molar-refractivity contribution in [2.24, 2.45) is 11.8 Å².